The molecule has 0 radical (unpaired) electrons. The molecular weight excluding hydrogens is 350 g/mol. The lowest BCUT2D eigenvalue weighted by molar-refractivity contribution is -0.116. The van der Waals surface area contributed by atoms with E-state index in [1.807, 2.05) is 24.3 Å². The number of benzene rings is 2. The number of nitrogens with one attached hydrogen (secondary N) is 3. The zero-order chi connectivity index (χ0) is 20.7. The Bertz CT molecular complexity index is 785. The van der Waals surface area contributed by atoms with Crippen LogP contribution >= 0.6 is 0 Å². The van der Waals surface area contributed by atoms with Gasteiger partial charge in [-0.05, 0) is 47.2 Å². The molecule has 0 aliphatic heterocycles. The first kappa shape index (κ1) is 21.5. The molecule has 0 bridgehead atoms. The molecule has 0 atom stereocenters. The highest BCUT2D eigenvalue weighted by molar-refractivity contribution is 5.93. The van der Waals surface area contributed by atoms with Gasteiger partial charge in [-0.3, -0.25) is 9.59 Å². The van der Waals surface area contributed by atoms with Crippen LogP contribution in [0.5, 0.6) is 0 Å². The Morgan fingerprint density at radius 3 is 1.86 bits per heavy atom. The molecule has 2 aromatic rings. The van der Waals surface area contributed by atoms with Crippen molar-refractivity contribution in [2.45, 2.75) is 52.9 Å². The lowest BCUT2D eigenvalue weighted by Gasteiger charge is -2.20. The van der Waals surface area contributed by atoms with Crippen LogP contribution in [0.2, 0.25) is 0 Å². The van der Waals surface area contributed by atoms with Crippen molar-refractivity contribution in [3.63, 3.8) is 0 Å². The molecule has 2 rings (SSSR count). The van der Waals surface area contributed by atoms with Gasteiger partial charge in [0, 0.05) is 37.0 Å². The quantitative estimate of drug-likeness (QED) is 0.578. The van der Waals surface area contributed by atoms with Crippen LogP contribution < -0.4 is 16.0 Å². The summed E-state index contributed by atoms with van der Waals surface area (Å²) in [5, 5.41) is 9.11. The van der Waals surface area contributed by atoms with Crippen molar-refractivity contribution in [2.75, 3.05) is 22.5 Å². The summed E-state index contributed by atoms with van der Waals surface area (Å²) < 4.78 is 0. The molecule has 0 spiro atoms. The molecule has 0 aromatic heterocycles. The summed E-state index contributed by atoms with van der Waals surface area (Å²) in [7, 11) is 0. The van der Waals surface area contributed by atoms with Crippen LogP contribution in [0.15, 0.2) is 42.5 Å². The molecular formula is C23H31N3O2. The normalized spacial score (nSPS) is 10.8. The molecule has 28 heavy (non-hydrogen) atoms. The van der Waals surface area contributed by atoms with E-state index >= 15 is 0 Å². The number of amides is 2. The molecule has 5 heteroatoms. The van der Waals surface area contributed by atoms with Crippen LogP contribution in [0.3, 0.4) is 0 Å². The summed E-state index contributed by atoms with van der Waals surface area (Å²) in [6.07, 6.45) is 0.372. The van der Waals surface area contributed by atoms with Gasteiger partial charge in [0.2, 0.25) is 11.8 Å². The maximum absolute atomic E-state index is 12.5. The Kier molecular flexibility index (Phi) is 7.61. The first-order valence-electron chi connectivity index (χ1n) is 9.82. The number of para-hydroxylation sites is 1. The van der Waals surface area contributed by atoms with Gasteiger partial charge in [-0.15, -0.1) is 0 Å². The van der Waals surface area contributed by atoms with Crippen LogP contribution in [0.4, 0.5) is 17.1 Å². The summed E-state index contributed by atoms with van der Waals surface area (Å²) in [6.45, 7) is 10.6. The maximum Gasteiger partial charge on any atom is 0.226 e. The number of hydrogen-bond acceptors (Lipinski definition) is 3. The largest absolute Gasteiger partial charge is 0.385 e. The lowest BCUT2D eigenvalue weighted by Crippen LogP contribution is -2.18. The van der Waals surface area contributed by atoms with Crippen LogP contribution in [-0.4, -0.2) is 18.4 Å². The Balaban J connectivity index is 1.95. The van der Waals surface area contributed by atoms with E-state index in [1.54, 1.807) is 0 Å². The van der Waals surface area contributed by atoms with Gasteiger partial charge in [0.05, 0.1) is 0 Å². The molecule has 0 saturated carbocycles. The molecule has 2 aromatic carbocycles. The van der Waals surface area contributed by atoms with Crippen molar-refractivity contribution in [1.29, 1.82) is 0 Å². The summed E-state index contributed by atoms with van der Waals surface area (Å²) in [6, 6.07) is 13.7. The lowest BCUT2D eigenvalue weighted by atomic mass is 9.92. The fourth-order valence-electron chi connectivity index (χ4n) is 3.09. The third-order valence-corrected chi connectivity index (χ3v) is 4.52. The standard InChI is InChI=1S/C23H31N3O2/c1-15(2)20-7-6-8-21(16(3)4)23(20)26-22(28)13-14-24-18-9-11-19(12-10-18)25-17(5)27/h6-12,15-16,24H,13-14H2,1-5H3,(H,25,27)(H,26,28). The van der Waals surface area contributed by atoms with Gasteiger partial charge in [0.15, 0.2) is 0 Å². The molecule has 0 aliphatic rings. The van der Waals surface area contributed by atoms with E-state index in [0.29, 0.717) is 24.8 Å². The predicted molar refractivity (Wildman–Crippen MR) is 117 cm³/mol. The van der Waals surface area contributed by atoms with E-state index in [9.17, 15) is 9.59 Å². The topological polar surface area (TPSA) is 70.2 Å². The van der Waals surface area contributed by atoms with Crippen LogP contribution in [-0.2, 0) is 9.59 Å². The monoisotopic (exact) mass is 381 g/mol. The molecule has 3 N–H and O–H groups in total. The molecule has 0 unspecified atom stereocenters. The first-order chi connectivity index (χ1) is 13.3. The summed E-state index contributed by atoms with van der Waals surface area (Å²) in [5.74, 6) is 0.584. The van der Waals surface area contributed by atoms with Gasteiger partial charge >= 0.3 is 0 Å². The molecule has 5 nitrogen and oxygen atoms in total. The smallest absolute Gasteiger partial charge is 0.226 e. The number of rotatable bonds is 8. The number of anilines is 3. The second-order valence-electron chi connectivity index (χ2n) is 7.60. The fraction of sp³-hybridized carbons (Fsp3) is 0.391. The Labute approximate surface area is 167 Å². The van der Waals surface area contributed by atoms with Gasteiger partial charge in [0.1, 0.15) is 0 Å². The zero-order valence-electron chi connectivity index (χ0n) is 17.4. The predicted octanol–water partition coefficient (Wildman–Crippen LogP) is 5.33. The summed E-state index contributed by atoms with van der Waals surface area (Å²) in [4.78, 5) is 23.6. The van der Waals surface area contributed by atoms with E-state index in [1.165, 1.54) is 18.1 Å². The Morgan fingerprint density at radius 1 is 0.821 bits per heavy atom. The number of carbonyl (C=O) groups excluding carboxylic acids is 2. The van der Waals surface area contributed by atoms with E-state index in [2.05, 4.69) is 61.8 Å². The fourth-order valence-corrected chi connectivity index (χ4v) is 3.09. The molecule has 150 valence electrons. The number of hydrogen-bond donors (Lipinski definition) is 3. The third-order valence-electron chi connectivity index (χ3n) is 4.52. The average molecular weight is 382 g/mol. The van der Waals surface area contributed by atoms with Crippen molar-refractivity contribution in [3.8, 4) is 0 Å². The van der Waals surface area contributed by atoms with Crippen molar-refractivity contribution in [2.24, 2.45) is 0 Å². The van der Waals surface area contributed by atoms with Gasteiger partial charge in [-0.2, -0.15) is 0 Å². The Morgan fingerprint density at radius 2 is 1.36 bits per heavy atom. The highest BCUT2D eigenvalue weighted by Gasteiger charge is 2.15. The van der Waals surface area contributed by atoms with Crippen LogP contribution in [0.1, 0.15) is 64.0 Å². The summed E-state index contributed by atoms with van der Waals surface area (Å²) in [5.41, 5.74) is 4.95. The average Bonchev–Trinajstić information content (AvgIpc) is 2.62. The SMILES string of the molecule is CC(=O)Nc1ccc(NCCC(=O)Nc2c(C(C)C)cccc2C(C)C)cc1. The molecule has 0 aliphatic carbocycles. The molecule has 0 heterocycles. The van der Waals surface area contributed by atoms with Gasteiger partial charge < -0.3 is 16.0 Å². The van der Waals surface area contributed by atoms with E-state index in [-0.39, 0.29) is 11.8 Å². The van der Waals surface area contributed by atoms with Crippen LogP contribution in [0, 0.1) is 0 Å². The van der Waals surface area contributed by atoms with E-state index in [4.69, 9.17) is 0 Å². The van der Waals surface area contributed by atoms with E-state index < -0.39 is 0 Å². The van der Waals surface area contributed by atoms with Crippen molar-refractivity contribution in [1.82, 2.24) is 0 Å². The van der Waals surface area contributed by atoms with Gasteiger partial charge in [-0.1, -0.05) is 45.9 Å². The Hall–Kier alpha value is -2.82. The molecule has 0 fully saturated rings. The van der Waals surface area contributed by atoms with Crippen LogP contribution in [0.25, 0.3) is 0 Å². The van der Waals surface area contributed by atoms with Crippen molar-refractivity contribution in [3.05, 3.63) is 53.6 Å². The summed E-state index contributed by atoms with van der Waals surface area (Å²) >= 11 is 0. The minimum absolute atomic E-state index is 0.00244. The van der Waals surface area contributed by atoms with Gasteiger partial charge in [0.25, 0.3) is 0 Å². The molecule has 2 amide bonds. The highest BCUT2D eigenvalue weighted by Crippen LogP contribution is 2.32. The van der Waals surface area contributed by atoms with Crippen molar-refractivity contribution < 1.29 is 9.59 Å². The zero-order valence-corrected chi connectivity index (χ0v) is 17.4. The van der Waals surface area contributed by atoms with E-state index in [0.717, 1.165) is 17.1 Å². The second kappa shape index (κ2) is 9.93. The highest BCUT2D eigenvalue weighted by atomic mass is 16.2. The minimum atomic E-state index is -0.0974. The molecule has 0 saturated heterocycles. The third kappa shape index (κ3) is 6.12. The number of carbonyl (C=O) groups is 2. The second-order valence-corrected chi connectivity index (χ2v) is 7.60. The van der Waals surface area contributed by atoms with Gasteiger partial charge in [-0.25, -0.2) is 0 Å². The minimum Gasteiger partial charge on any atom is -0.385 e. The first-order valence-corrected chi connectivity index (χ1v) is 9.82. The maximum atomic E-state index is 12.5. The van der Waals surface area contributed by atoms with Crippen molar-refractivity contribution >= 4 is 28.9 Å².